The Bertz CT molecular complexity index is 726. The van der Waals surface area contributed by atoms with Gasteiger partial charge in [-0.05, 0) is 56.2 Å². The molecule has 2 heterocycles. The maximum atomic E-state index is 4.45. The van der Waals surface area contributed by atoms with Crippen molar-refractivity contribution in [1.29, 1.82) is 0 Å². The second kappa shape index (κ2) is 4.50. The molecule has 19 heavy (non-hydrogen) atoms. The topological polar surface area (TPSA) is 30.7 Å². The van der Waals surface area contributed by atoms with Crippen molar-refractivity contribution in [3.63, 3.8) is 0 Å². The lowest BCUT2D eigenvalue weighted by Crippen LogP contribution is -2.01. The summed E-state index contributed by atoms with van der Waals surface area (Å²) in [6.07, 6.45) is 3.79. The highest BCUT2D eigenvalue weighted by atomic mass is 15.3. The highest BCUT2D eigenvalue weighted by Gasteiger charge is 2.07. The number of aromatic nitrogens is 3. The number of nitrogens with zero attached hydrogens (tertiary/aromatic N) is 3. The first-order valence-electron chi connectivity index (χ1n) is 6.55. The Hall–Kier alpha value is -2.16. The molecule has 3 rings (SSSR count). The summed E-state index contributed by atoms with van der Waals surface area (Å²) in [7, 11) is 0. The Labute approximate surface area is 112 Å². The minimum Gasteiger partial charge on any atom is -0.262 e. The van der Waals surface area contributed by atoms with Gasteiger partial charge in [0.05, 0.1) is 11.7 Å². The quantitative estimate of drug-likeness (QED) is 0.689. The number of rotatable bonds is 2. The fourth-order valence-electron chi connectivity index (χ4n) is 2.37. The van der Waals surface area contributed by atoms with Crippen molar-refractivity contribution < 1.29 is 0 Å². The first-order chi connectivity index (χ1) is 9.15. The molecule has 0 spiro atoms. The average Bonchev–Trinajstić information content (AvgIpc) is 2.81. The second-order valence-electron chi connectivity index (χ2n) is 5.14. The Morgan fingerprint density at radius 2 is 1.84 bits per heavy atom. The van der Waals surface area contributed by atoms with Gasteiger partial charge in [-0.3, -0.25) is 9.67 Å². The maximum absolute atomic E-state index is 4.45. The molecule has 0 bridgehead atoms. The zero-order valence-corrected chi connectivity index (χ0v) is 11.5. The molecule has 0 aliphatic carbocycles. The normalized spacial score (nSPS) is 11.4. The molecule has 3 aromatic rings. The van der Waals surface area contributed by atoms with Crippen LogP contribution >= 0.6 is 0 Å². The Morgan fingerprint density at radius 3 is 2.58 bits per heavy atom. The monoisotopic (exact) mass is 251 g/mol. The molecule has 0 amide bonds. The van der Waals surface area contributed by atoms with E-state index in [1.165, 1.54) is 22.0 Å². The number of benzene rings is 1. The number of aryl methyl sites for hydroxylation is 1. The Balaban J connectivity index is 2.12. The minimum absolute atomic E-state index is 0.381. The van der Waals surface area contributed by atoms with Crippen LogP contribution in [0.4, 0.5) is 0 Å². The minimum atomic E-state index is 0.381. The molecule has 0 aliphatic heterocycles. The molecule has 0 fully saturated rings. The number of hydrogen-bond donors (Lipinski definition) is 0. The van der Waals surface area contributed by atoms with E-state index in [-0.39, 0.29) is 0 Å². The molecule has 0 aliphatic rings. The summed E-state index contributed by atoms with van der Waals surface area (Å²) in [6.45, 7) is 6.30. The van der Waals surface area contributed by atoms with E-state index in [1.807, 2.05) is 25.4 Å². The van der Waals surface area contributed by atoms with Gasteiger partial charge in [0.15, 0.2) is 0 Å². The highest BCUT2D eigenvalue weighted by Crippen LogP contribution is 2.25. The lowest BCUT2D eigenvalue weighted by Gasteiger charge is -2.08. The van der Waals surface area contributed by atoms with Gasteiger partial charge < -0.3 is 0 Å². The van der Waals surface area contributed by atoms with Crippen molar-refractivity contribution in [2.24, 2.45) is 0 Å². The molecule has 2 aromatic heterocycles. The molecule has 96 valence electrons. The molecule has 0 unspecified atom stereocenters. The summed E-state index contributed by atoms with van der Waals surface area (Å²) in [6, 6.07) is 11.0. The molecular formula is C16H17N3. The van der Waals surface area contributed by atoms with Crippen molar-refractivity contribution in [2.75, 3.05) is 0 Å². The fourth-order valence-corrected chi connectivity index (χ4v) is 2.37. The fraction of sp³-hybridized carbons (Fsp3) is 0.250. The van der Waals surface area contributed by atoms with E-state index >= 15 is 0 Å². The van der Waals surface area contributed by atoms with E-state index in [1.54, 1.807) is 0 Å². The van der Waals surface area contributed by atoms with Crippen LogP contribution in [0.25, 0.3) is 22.0 Å². The van der Waals surface area contributed by atoms with Crippen LogP contribution in [-0.4, -0.2) is 14.8 Å². The summed E-state index contributed by atoms with van der Waals surface area (Å²) in [5.41, 5.74) is 4.63. The molecule has 0 saturated carbocycles. The molecule has 3 heteroatoms. The molecule has 1 aromatic carbocycles. The van der Waals surface area contributed by atoms with Crippen LogP contribution in [0.1, 0.15) is 25.6 Å². The van der Waals surface area contributed by atoms with Crippen LogP contribution in [0.3, 0.4) is 0 Å². The summed E-state index contributed by atoms with van der Waals surface area (Å²) < 4.78 is 2.05. The van der Waals surface area contributed by atoms with Crippen molar-refractivity contribution in [1.82, 2.24) is 14.8 Å². The number of fused-ring (bicyclic) bond motifs is 1. The Kier molecular flexibility index (Phi) is 2.82. The van der Waals surface area contributed by atoms with Crippen molar-refractivity contribution in [3.05, 3.63) is 48.4 Å². The van der Waals surface area contributed by atoms with Crippen LogP contribution in [-0.2, 0) is 0 Å². The molecule has 0 atom stereocenters. The van der Waals surface area contributed by atoms with Crippen molar-refractivity contribution in [3.8, 4) is 11.1 Å². The predicted octanol–water partition coefficient (Wildman–Crippen LogP) is 3.99. The van der Waals surface area contributed by atoms with Gasteiger partial charge in [-0.2, -0.15) is 5.10 Å². The summed E-state index contributed by atoms with van der Waals surface area (Å²) in [5, 5.41) is 5.63. The SMILES string of the molecule is Cc1cc(-c2ccc3c(cnn3C(C)C)c2)ccn1. The zero-order valence-electron chi connectivity index (χ0n) is 11.5. The van der Waals surface area contributed by atoms with E-state index in [4.69, 9.17) is 0 Å². The van der Waals surface area contributed by atoms with Gasteiger partial charge in [0.2, 0.25) is 0 Å². The third-order valence-corrected chi connectivity index (χ3v) is 3.31. The number of pyridine rings is 1. The first kappa shape index (κ1) is 11.9. The maximum Gasteiger partial charge on any atom is 0.0685 e. The van der Waals surface area contributed by atoms with Crippen molar-refractivity contribution in [2.45, 2.75) is 26.8 Å². The summed E-state index contributed by atoms with van der Waals surface area (Å²) in [4.78, 5) is 4.24. The molecule has 3 nitrogen and oxygen atoms in total. The first-order valence-corrected chi connectivity index (χ1v) is 6.55. The molecular weight excluding hydrogens is 234 g/mol. The van der Waals surface area contributed by atoms with E-state index in [0.717, 1.165) is 5.69 Å². The van der Waals surface area contributed by atoms with Gasteiger partial charge in [-0.15, -0.1) is 0 Å². The third-order valence-electron chi connectivity index (χ3n) is 3.31. The van der Waals surface area contributed by atoms with Gasteiger partial charge in [0, 0.05) is 23.3 Å². The molecule has 0 saturated heterocycles. The van der Waals surface area contributed by atoms with Crippen LogP contribution in [0.15, 0.2) is 42.7 Å². The zero-order chi connectivity index (χ0) is 13.4. The predicted molar refractivity (Wildman–Crippen MR) is 78.1 cm³/mol. The second-order valence-corrected chi connectivity index (χ2v) is 5.14. The Morgan fingerprint density at radius 1 is 1.05 bits per heavy atom. The van der Waals surface area contributed by atoms with E-state index in [0.29, 0.717) is 6.04 Å². The lowest BCUT2D eigenvalue weighted by atomic mass is 10.0. The highest BCUT2D eigenvalue weighted by molar-refractivity contribution is 5.84. The smallest absolute Gasteiger partial charge is 0.0685 e. The standard InChI is InChI=1S/C16H17N3/c1-11(2)19-16-5-4-13(9-15(16)10-18-19)14-6-7-17-12(3)8-14/h4-11H,1-3H3. The van der Waals surface area contributed by atoms with E-state index < -0.39 is 0 Å². The van der Waals surface area contributed by atoms with Gasteiger partial charge in [-0.25, -0.2) is 0 Å². The summed E-state index contributed by atoms with van der Waals surface area (Å²) >= 11 is 0. The van der Waals surface area contributed by atoms with Crippen molar-refractivity contribution >= 4 is 10.9 Å². The van der Waals surface area contributed by atoms with E-state index in [2.05, 4.69) is 52.9 Å². The van der Waals surface area contributed by atoms with Crippen LogP contribution < -0.4 is 0 Å². The summed E-state index contributed by atoms with van der Waals surface area (Å²) in [5.74, 6) is 0. The average molecular weight is 251 g/mol. The van der Waals surface area contributed by atoms with E-state index in [9.17, 15) is 0 Å². The van der Waals surface area contributed by atoms with Gasteiger partial charge in [0.25, 0.3) is 0 Å². The van der Waals surface area contributed by atoms with Gasteiger partial charge in [0.1, 0.15) is 0 Å². The third kappa shape index (κ3) is 2.12. The van der Waals surface area contributed by atoms with Gasteiger partial charge >= 0.3 is 0 Å². The molecule has 0 radical (unpaired) electrons. The largest absolute Gasteiger partial charge is 0.262 e. The lowest BCUT2D eigenvalue weighted by molar-refractivity contribution is 0.551. The van der Waals surface area contributed by atoms with Gasteiger partial charge in [-0.1, -0.05) is 6.07 Å². The van der Waals surface area contributed by atoms with Crippen LogP contribution in [0, 0.1) is 6.92 Å². The number of hydrogen-bond acceptors (Lipinski definition) is 2. The van der Waals surface area contributed by atoms with Crippen LogP contribution in [0.2, 0.25) is 0 Å². The molecule has 0 N–H and O–H groups in total. The van der Waals surface area contributed by atoms with Crippen LogP contribution in [0.5, 0.6) is 0 Å².